The Hall–Kier alpha value is -2.10. The van der Waals surface area contributed by atoms with Crippen LogP contribution in [0.25, 0.3) is 10.8 Å². The molecule has 0 aliphatic rings. The van der Waals surface area contributed by atoms with E-state index < -0.39 is 11.6 Å². The summed E-state index contributed by atoms with van der Waals surface area (Å²) in [6, 6.07) is 6.90. The second-order valence-electron chi connectivity index (χ2n) is 5.39. The van der Waals surface area contributed by atoms with Crippen LogP contribution in [0, 0.1) is 0 Å². The van der Waals surface area contributed by atoms with Gasteiger partial charge in [0.2, 0.25) is 0 Å². The predicted molar refractivity (Wildman–Crippen MR) is 86.1 cm³/mol. The highest BCUT2D eigenvalue weighted by Crippen LogP contribution is 2.16. The first-order valence-corrected chi connectivity index (χ1v) is 7.91. The number of esters is 1. The van der Waals surface area contributed by atoms with Gasteiger partial charge in [-0.25, -0.2) is 9.59 Å². The van der Waals surface area contributed by atoms with Crippen molar-refractivity contribution in [2.24, 2.45) is 0 Å². The summed E-state index contributed by atoms with van der Waals surface area (Å²) in [5.74, 6) is -0.437. The van der Waals surface area contributed by atoms with Gasteiger partial charge in [-0.1, -0.05) is 57.2 Å². The zero-order valence-electron chi connectivity index (χ0n) is 13.0. The minimum atomic E-state index is -0.442. The maximum Gasteiger partial charge on any atom is 0.343 e. The van der Waals surface area contributed by atoms with Gasteiger partial charge < -0.3 is 9.15 Å². The van der Waals surface area contributed by atoms with Gasteiger partial charge in [-0.05, 0) is 12.5 Å². The van der Waals surface area contributed by atoms with Crippen LogP contribution in [0.1, 0.15) is 55.8 Å². The van der Waals surface area contributed by atoms with Crippen molar-refractivity contribution in [3.63, 3.8) is 0 Å². The Balaban J connectivity index is 1.91. The summed E-state index contributed by atoms with van der Waals surface area (Å²) in [5.41, 5.74) is -0.135. The van der Waals surface area contributed by atoms with Crippen LogP contribution >= 0.6 is 0 Å². The first-order valence-electron chi connectivity index (χ1n) is 7.91. The minimum absolute atomic E-state index is 0.307. The molecule has 0 radical (unpaired) electrons. The fraction of sp³-hybridized carbons (Fsp3) is 0.444. The normalized spacial score (nSPS) is 10.8. The molecule has 0 unspecified atom stereocenters. The number of hydrogen-bond acceptors (Lipinski definition) is 4. The van der Waals surface area contributed by atoms with Gasteiger partial charge in [-0.3, -0.25) is 0 Å². The maximum absolute atomic E-state index is 12.1. The summed E-state index contributed by atoms with van der Waals surface area (Å²) in [6.45, 7) is 2.59. The van der Waals surface area contributed by atoms with E-state index in [1.165, 1.54) is 31.9 Å². The molecule has 0 N–H and O–H groups in total. The fourth-order valence-electron chi connectivity index (χ4n) is 2.42. The third-order valence-electron chi connectivity index (χ3n) is 3.67. The highest BCUT2D eigenvalue weighted by atomic mass is 16.5. The molecule has 22 heavy (non-hydrogen) atoms. The van der Waals surface area contributed by atoms with Gasteiger partial charge in [0.25, 0.3) is 0 Å². The monoisotopic (exact) mass is 302 g/mol. The Kier molecular flexibility index (Phi) is 6.19. The molecule has 118 valence electrons. The first-order chi connectivity index (χ1) is 10.7. The van der Waals surface area contributed by atoms with E-state index in [1.54, 1.807) is 24.3 Å². The summed E-state index contributed by atoms with van der Waals surface area (Å²) in [6.07, 6.45) is 8.01. The Labute approximate surface area is 130 Å². The number of ether oxygens (including phenoxy) is 1. The average Bonchev–Trinajstić information content (AvgIpc) is 2.54. The second-order valence-corrected chi connectivity index (χ2v) is 5.39. The second kappa shape index (κ2) is 8.37. The number of hydrogen-bond donors (Lipinski definition) is 0. The largest absolute Gasteiger partial charge is 0.462 e. The molecule has 1 aromatic heterocycles. The Morgan fingerprint density at radius 1 is 1.05 bits per heavy atom. The molecular formula is C18H22O4. The number of carbonyl (C=O) groups excluding carboxylic acids is 1. The van der Waals surface area contributed by atoms with Crippen LogP contribution in [0.5, 0.6) is 0 Å². The van der Waals surface area contributed by atoms with E-state index in [9.17, 15) is 9.59 Å². The lowest BCUT2D eigenvalue weighted by atomic mass is 10.1. The van der Waals surface area contributed by atoms with Crippen LogP contribution < -0.4 is 5.63 Å². The van der Waals surface area contributed by atoms with Gasteiger partial charge in [0.1, 0.15) is 11.8 Å². The highest BCUT2D eigenvalue weighted by molar-refractivity contribution is 6.03. The standard InChI is InChI=1S/C18H22O4/c1-2-3-4-5-6-9-12-21-18(20)16-13-22-17(19)15-11-8-7-10-14(15)16/h7-8,10-11,13H,2-6,9,12H2,1H3. The molecule has 2 rings (SSSR count). The third-order valence-corrected chi connectivity index (χ3v) is 3.67. The van der Waals surface area contributed by atoms with E-state index in [0.29, 0.717) is 22.9 Å². The molecule has 0 amide bonds. The SMILES string of the molecule is CCCCCCCCOC(=O)c1coc(=O)c2ccccc12. The summed E-state index contributed by atoms with van der Waals surface area (Å²) in [4.78, 5) is 23.7. The molecule has 0 atom stereocenters. The molecule has 0 aliphatic heterocycles. The number of rotatable bonds is 8. The van der Waals surface area contributed by atoms with Gasteiger partial charge in [0.15, 0.2) is 0 Å². The number of benzene rings is 1. The van der Waals surface area contributed by atoms with Crippen LogP contribution in [0.15, 0.2) is 39.7 Å². The zero-order valence-corrected chi connectivity index (χ0v) is 13.0. The van der Waals surface area contributed by atoms with Gasteiger partial charge in [0.05, 0.1) is 12.0 Å². The fourth-order valence-corrected chi connectivity index (χ4v) is 2.42. The van der Waals surface area contributed by atoms with Crippen LogP contribution in [0.2, 0.25) is 0 Å². The minimum Gasteiger partial charge on any atom is -0.462 e. The number of fused-ring (bicyclic) bond motifs is 1. The van der Waals surface area contributed by atoms with E-state index in [-0.39, 0.29) is 0 Å². The van der Waals surface area contributed by atoms with E-state index >= 15 is 0 Å². The quantitative estimate of drug-likeness (QED) is 0.538. The summed E-state index contributed by atoms with van der Waals surface area (Å²) < 4.78 is 10.2. The van der Waals surface area contributed by atoms with E-state index in [1.807, 2.05) is 0 Å². The topological polar surface area (TPSA) is 56.5 Å². The molecule has 0 saturated carbocycles. The summed E-state index contributed by atoms with van der Waals surface area (Å²) in [7, 11) is 0. The van der Waals surface area contributed by atoms with Gasteiger partial charge in [-0.2, -0.15) is 0 Å². The Bertz CT molecular complexity index is 672. The summed E-state index contributed by atoms with van der Waals surface area (Å²) >= 11 is 0. The van der Waals surface area contributed by atoms with Crippen molar-refractivity contribution >= 4 is 16.7 Å². The van der Waals surface area contributed by atoms with Crippen LogP contribution in [-0.4, -0.2) is 12.6 Å². The van der Waals surface area contributed by atoms with E-state index in [4.69, 9.17) is 9.15 Å². The van der Waals surface area contributed by atoms with Crippen molar-refractivity contribution in [2.45, 2.75) is 45.4 Å². The van der Waals surface area contributed by atoms with Crippen molar-refractivity contribution in [3.05, 3.63) is 46.5 Å². The zero-order chi connectivity index (χ0) is 15.8. The molecule has 0 fully saturated rings. The van der Waals surface area contributed by atoms with Gasteiger partial charge in [0, 0.05) is 5.39 Å². The lowest BCUT2D eigenvalue weighted by molar-refractivity contribution is 0.0497. The van der Waals surface area contributed by atoms with Crippen LogP contribution in [0.4, 0.5) is 0 Å². The highest BCUT2D eigenvalue weighted by Gasteiger charge is 2.14. The molecule has 1 heterocycles. The predicted octanol–water partition coefficient (Wildman–Crippen LogP) is 4.31. The van der Waals surface area contributed by atoms with Gasteiger partial charge >= 0.3 is 11.6 Å². The summed E-state index contributed by atoms with van der Waals surface area (Å²) in [5, 5.41) is 0.975. The van der Waals surface area contributed by atoms with Crippen LogP contribution in [-0.2, 0) is 4.74 Å². The number of carbonyl (C=O) groups is 1. The van der Waals surface area contributed by atoms with Crippen molar-refractivity contribution in [1.29, 1.82) is 0 Å². The van der Waals surface area contributed by atoms with Crippen molar-refractivity contribution in [3.8, 4) is 0 Å². The smallest absolute Gasteiger partial charge is 0.343 e. The third kappa shape index (κ3) is 4.20. The maximum atomic E-state index is 12.1. The van der Waals surface area contributed by atoms with E-state index in [2.05, 4.69) is 6.92 Å². The lowest BCUT2D eigenvalue weighted by Gasteiger charge is -2.06. The molecule has 4 heteroatoms. The molecule has 0 spiro atoms. The Morgan fingerprint density at radius 3 is 2.50 bits per heavy atom. The van der Waals surface area contributed by atoms with Crippen molar-refractivity contribution in [1.82, 2.24) is 0 Å². The number of unbranched alkanes of at least 4 members (excludes halogenated alkanes) is 5. The molecular weight excluding hydrogens is 280 g/mol. The van der Waals surface area contributed by atoms with Crippen LogP contribution in [0.3, 0.4) is 0 Å². The van der Waals surface area contributed by atoms with E-state index in [0.717, 1.165) is 12.8 Å². The van der Waals surface area contributed by atoms with Crippen molar-refractivity contribution in [2.75, 3.05) is 6.61 Å². The molecule has 4 nitrogen and oxygen atoms in total. The first kappa shape index (κ1) is 16.3. The molecule has 2 aromatic rings. The molecule has 1 aromatic carbocycles. The average molecular weight is 302 g/mol. The molecule has 0 saturated heterocycles. The van der Waals surface area contributed by atoms with Gasteiger partial charge in [-0.15, -0.1) is 0 Å². The molecule has 0 aliphatic carbocycles. The Morgan fingerprint density at radius 2 is 1.73 bits per heavy atom. The lowest BCUT2D eigenvalue weighted by Crippen LogP contribution is -2.10. The van der Waals surface area contributed by atoms with Crippen molar-refractivity contribution < 1.29 is 13.9 Å². The molecule has 0 bridgehead atoms.